The highest BCUT2D eigenvalue weighted by Gasteiger charge is 2.11. The van der Waals surface area contributed by atoms with Crippen molar-refractivity contribution in [2.75, 3.05) is 38.6 Å². The Balaban J connectivity index is 1.59. The van der Waals surface area contributed by atoms with Gasteiger partial charge in [0.15, 0.2) is 0 Å². The summed E-state index contributed by atoms with van der Waals surface area (Å²) < 4.78 is 5.15. The number of aromatic amines is 1. The zero-order valence-electron chi connectivity index (χ0n) is 14.4. The summed E-state index contributed by atoms with van der Waals surface area (Å²) in [5.41, 5.74) is 0.677. The Morgan fingerprint density at radius 1 is 1.28 bits per heavy atom. The standard InChI is InChI=1S/C18H24N4O3/c1-25-13-5-6-14-15(11-13)20-12-16(17(14)23)21-18(24)19-7-10-22-8-3-2-4-9-22/h5-6,11-12H,2-4,7-10H2,1H3,(H,20,23)(H2,19,21,24). The number of anilines is 1. The second-order valence-electron chi connectivity index (χ2n) is 6.23. The van der Waals surface area contributed by atoms with Crippen LogP contribution in [-0.2, 0) is 0 Å². The van der Waals surface area contributed by atoms with E-state index in [9.17, 15) is 9.59 Å². The molecule has 0 bridgehead atoms. The van der Waals surface area contributed by atoms with Gasteiger partial charge < -0.3 is 25.3 Å². The average Bonchev–Trinajstić information content (AvgIpc) is 2.64. The molecule has 2 heterocycles. The molecule has 1 saturated heterocycles. The lowest BCUT2D eigenvalue weighted by atomic mass is 10.1. The molecule has 3 N–H and O–H groups in total. The molecule has 0 atom stereocenters. The largest absolute Gasteiger partial charge is 0.497 e. The summed E-state index contributed by atoms with van der Waals surface area (Å²) in [6, 6.07) is 4.79. The second kappa shape index (κ2) is 8.02. The van der Waals surface area contributed by atoms with Crippen LogP contribution in [0.3, 0.4) is 0 Å². The molecule has 134 valence electrons. The van der Waals surface area contributed by atoms with Crippen molar-refractivity contribution in [2.24, 2.45) is 0 Å². The molecule has 0 aliphatic carbocycles. The first-order valence-electron chi connectivity index (χ1n) is 8.64. The van der Waals surface area contributed by atoms with E-state index >= 15 is 0 Å². The summed E-state index contributed by atoms with van der Waals surface area (Å²) in [5.74, 6) is 0.666. The number of nitrogens with one attached hydrogen (secondary N) is 3. The summed E-state index contributed by atoms with van der Waals surface area (Å²) in [4.78, 5) is 29.9. The normalized spacial score (nSPS) is 15.1. The molecule has 0 radical (unpaired) electrons. The number of carbonyl (C=O) groups excluding carboxylic acids is 1. The van der Waals surface area contributed by atoms with Gasteiger partial charge >= 0.3 is 6.03 Å². The topological polar surface area (TPSA) is 86.5 Å². The minimum Gasteiger partial charge on any atom is -0.497 e. The highest BCUT2D eigenvalue weighted by Crippen LogP contribution is 2.17. The molecule has 0 saturated carbocycles. The molecule has 2 aromatic rings. The fourth-order valence-corrected chi connectivity index (χ4v) is 3.10. The van der Waals surface area contributed by atoms with Gasteiger partial charge in [0.1, 0.15) is 11.4 Å². The maximum absolute atomic E-state index is 12.5. The number of ether oxygens (including phenoxy) is 1. The maximum Gasteiger partial charge on any atom is 0.319 e. The van der Waals surface area contributed by atoms with Gasteiger partial charge in [-0.15, -0.1) is 0 Å². The van der Waals surface area contributed by atoms with E-state index in [0.29, 0.717) is 23.2 Å². The number of H-pyrrole nitrogens is 1. The van der Waals surface area contributed by atoms with Crippen LogP contribution in [0.1, 0.15) is 19.3 Å². The highest BCUT2D eigenvalue weighted by atomic mass is 16.5. The number of methoxy groups -OCH3 is 1. The lowest BCUT2D eigenvalue weighted by Gasteiger charge is -2.26. The van der Waals surface area contributed by atoms with Crippen LogP contribution in [-0.4, -0.2) is 49.2 Å². The van der Waals surface area contributed by atoms with Crippen LogP contribution < -0.4 is 20.8 Å². The van der Waals surface area contributed by atoms with Crippen LogP contribution in [0.4, 0.5) is 10.5 Å². The first-order chi connectivity index (χ1) is 12.2. The summed E-state index contributed by atoms with van der Waals surface area (Å²) in [6.45, 7) is 3.59. The third-order valence-electron chi connectivity index (χ3n) is 4.50. The number of benzene rings is 1. The van der Waals surface area contributed by atoms with E-state index in [1.807, 2.05) is 0 Å². The van der Waals surface area contributed by atoms with Crippen LogP contribution in [0, 0.1) is 0 Å². The maximum atomic E-state index is 12.5. The molecule has 25 heavy (non-hydrogen) atoms. The molecular formula is C18H24N4O3. The zero-order valence-corrected chi connectivity index (χ0v) is 14.4. The average molecular weight is 344 g/mol. The molecule has 3 rings (SSSR count). The predicted octanol–water partition coefficient (Wildman–Crippen LogP) is 2.14. The van der Waals surface area contributed by atoms with Crippen molar-refractivity contribution in [1.29, 1.82) is 0 Å². The minimum absolute atomic E-state index is 0.220. The lowest BCUT2D eigenvalue weighted by Crippen LogP contribution is -2.39. The molecule has 1 aromatic carbocycles. The van der Waals surface area contributed by atoms with E-state index < -0.39 is 0 Å². The summed E-state index contributed by atoms with van der Waals surface area (Å²) in [7, 11) is 1.57. The molecule has 1 aliphatic rings. The van der Waals surface area contributed by atoms with Crippen molar-refractivity contribution in [1.82, 2.24) is 15.2 Å². The van der Waals surface area contributed by atoms with E-state index in [0.717, 1.165) is 19.6 Å². The van der Waals surface area contributed by atoms with E-state index in [2.05, 4.69) is 20.5 Å². The number of urea groups is 1. The number of aromatic nitrogens is 1. The molecule has 7 nitrogen and oxygen atoms in total. The van der Waals surface area contributed by atoms with E-state index in [1.54, 1.807) is 25.3 Å². The Kier molecular flexibility index (Phi) is 5.55. The molecule has 1 aromatic heterocycles. The van der Waals surface area contributed by atoms with Crippen LogP contribution >= 0.6 is 0 Å². The lowest BCUT2D eigenvalue weighted by molar-refractivity contribution is 0.224. The van der Waals surface area contributed by atoms with E-state index in [1.165, 1.54) is 25.5 Å². The fraction of sp³-hybridized carbons (Fsp3) is 0.444. The number of rotatable bonds is 5. The SMILES string of the molecule is COc1ccc2c(=O)c(NC(=O)NCCN3CCCCC3)c[nH]c2c1. The highest BCUT2D eigenvalue weighted by molar-refractivity contribution is 5.92. The number of pyridine rings is 1. The van der Waals surface area contributed by atoms with Gasteiger partial charge in [-0.2, -0.15) is 0 Å². The van der Waals surface area contributed by atoms with Gasteiger partial charge in [-0.05, 0) is 38.1 Å². The number of fused-ring (bicyclic) bond motifs is 1. The van der Waals surface area contributed by atoms with Gasteiger partial charge in [0.25, 0.3) is 0 Å². The van der Waals surface area contributed by atoms with Crippen molar-refractivity contribution < 1.29 is 9.53 Å². The van der Waals surface area contributed by atoms with E-state index in [4.69, 9.17) is 4.74 Å². The van der Waals surface area contributed by atoms with Crippen molar-refractivity contribution in [3.8, 4) is 5.75 Å². The number of piperidine rings is 1. The first-order valence-corrected chi connectivity index (χ1v) is 8.64. The Morgan fingerprint density at radius 3 is 2.84 bits per heavy atom. The summed E-state index contributed by atoms with van der Waals surface area (Å²) in [6.07, 6.45) is 5.25. The first kappa shape index (κ1) is 17.3. The van der Waals surface area contributed by atoms with Gasteiger partial charge in [-0.1, -0.05) is 6.42 Å². The number of amides is 2. The molecule has 7 heteroatoms. The van der Waals surface area contributed by atoms with Crippen molar-refractivity contribution >= 4 is 22.6 Å². The quantitative estimate of drug-likeness (QED) is 0.776. The van der Waals surface area contributed by atoms with E-state index in [-0.39, 0.29) is 17.1 Å². The van der Waals surface area contributed by atoms with Gasteiger partial charge in [-0.25, -0.2) is 4.79 Å². The molecule has 1 fully saturated rings. The Morgan fingerprint density at radius 2 is 2.08 bits per heavy atom. The molecule has 0 spiro atoms. The zero-order chi connectivity index (χ0) is 17.6. The van der Waals surface area contributed by atoms with Gasteiger partial charge in [0.05, 0.1) is 12.6 Å². The van der Waals surface area contributed by atoms with Gasteiger partial charge in [0.2, 0.25) is 5.43 Å². The van der Waals surface area contributed by atoms with Crippen LogP contribution in [0.5, 0.6) is 5.75 Å². The molecular weight excluding hydrogens is 320 g/mol. The Hall–Kier alpha value is -2.54. The number of nitrogens with zero attached hydrogens (tertiary/aromatic N) is 1. The molecule has 0 unspecified atom stereocenters. The Bertz CT molecular complexity index is 796. The Labute approximate surface area is 146 Å². The van der Waals surface area contributed by atoms with Gasteiger partial charge in [0, 0.05) is 30.7 Å². The smallest absolute Gasteiger partial charge is 0.319 e. The molecule has 1 aliphatic heterocycles. The summed E-state index contributed by atoms with van der Waals surface area (Å²) in [5, 5.41) is 5.94. The van der Waals surface area contributed by atoms with Crippen molar-refractivity contribution in [2.45, 2.75) is 19.3 Å². The fourth-order valence-electron chi connectivity index (χ4n) is 3.10. The predicted molar refractivity (Wildman–Crippen MR) is 98.4 cm³/mol. The van der Waals surface area contributed by atoms with Crippen molar-refractivity contribution in [3.05, 3.63) is 34.6 Å². The third kappa shape index (κ3) is 4.30. The van der Waals surface area contributed by atoms with Crippen LogP contribution in [0.25, 0.3) is 10.9 Å². The summed E-state index contributed by atoms with van der Waals surface area (Å²) >= 11 is 0. The van der Waals surface area contributed by atoms with Crippen LogP contribution in [0.15, 0.2) is 29.2 Å². The van der Waals surface area contributed by atoms with Crippen LogP contribution in [0.2, 0.25) is 0 Å². The number of hydrogen-bond donors (Lipinski definition) is 3. The number of carbonyl (C=O) groups is 1. The monoisotopic (exact) mass is 344 g/mol. The third-order valence-corrected chi connectivity index (χ3v) is 4.50. The second-order valence-corrected chi connectivity index (χ2v) is 6.23. The van der Waals surface area contributed by atoms with Gasteiger partial charge in [-0.3, -0.25) is 4.79 Å². The number of likely N-dealkylation sites (tertiary alicyclic amines) is 1. The molecule has 2 amide bonds. The number of hydrogen-bond acceptors (Lipinski definition) is 4. The minimum atomic E-state index is -0.365. The van der Waals surface area contributed by atoms with Crippen molar-refractivity contribution in [3.63, 3.8) is 0 Å².